The molecule has 1 atom stereocenters. The van der Waals surface area contributed by atoms with Gasteiger partial charge in [0, 0.05) is 0 Å². The molecule has 0 aromatic carbocycles. The Morgan fingerprint density at radius 3 is 2.82 bits per heavy atom. The zero-order chi connectivity index (χ0) is 12.0. The standard InChI is InChI=1S/C9H9F3N4S/c10-9(11,12)7-13-14-8-16(7)15-5-3-1-2-4-6(5)17-8/h6H,1-4H2. The quantitative estimate of drug-likeness (QED) is 0.721. The van der Waals surface area contributed by atoms with E-state index in [2.05, 4.69) is 15.3 Å². The average molecular weight is 262 g/mol. The largest absolute Gasteiger partial charge is 0.453 e. The van der Waals surface area contributed by atoms with E-state index in [4.69, 9.17) is 0 Å². The van der Waals surface area contributed by atoms with Crippen molar-refractivity contribution in [1.29, 1.82) is 0 Å². The summed E-state index contributed by atoms with van der Waals surface area (Å²) in [6, 6.07) is 0. The lowest BCUT2D eigenvalue weighted by atomic mass is 9.98. The van der Waals surface area contributed by atoms with Gasteiger partial charge in [-0.3, -0.25) is 0 Å². The third-order valence-electron chi connectivity index (χ3n) is 2.86. The van der Waals surface area contributed by atoms with Crippen molar-refractivity contribution in [2.24, 2.45) is 5.10 Å². The normalized spacial score (nSPS) is 23.9. The second kappa shape index (κ2) is 3.72. The monoisotopic (exact) mass is 262 g/mol. The molecule has 1 aliphatic heterocycles. The van der Waals surface area contributed by atoms with Gasteiger partial charge in [-0.15, -0.1) is 10.2 Å². The Bertz CT molecular complexity index is 479. The first-order valence-electron chi connectivity index (χ1n) is 5.33. The maximum Gasteiger partial charge on any atom is 0.453 e. The summed E-state index contributed by atoms with van der Waals surface area (Å²) in [5.41, 5.74) is 0.832. The van der Waals surface area contributed by atoms with Gasteiger partial charge in [0.05, 0.1) is 11.0 Å². The highest BCUT2D eigenvalue weighted by Gasteiger charge is 2.41. The minimum Gasteiger partial charge on any atom is -0.183 e. The number of nitrogens with zero attached hydrogens (tertiary/aromatic N) is 4. The number of hydrogen-bond donors (Lipinski definition) is 0. The summed E-state index contributed by atoms with van der Waals surface area (Å²) >= 11 is 1.34. The predicted octanol–water partition coefficient (Wildman–Crippen LogP) is 2.55. The van der Waals surface area contributed by atoms with Crippen LogP contribution in [0.15, 0.2) is 10.3 Å². The molecule has 0 N–H and O–H groups in total. The van der Waals surface area contributed by atoms with E-state index in [1.807, 2.05) is 0 Å². The van der Waals surface area contributed by atoms with Crippen LogP contribution in [0.5, 0.6) is 0 Å². The minimum absolute atomic E-state index is 0.182. The molecule has 1 fully saturated rings. The van der Waals surface area contributed by atoms with Crippen LogP contribution in [0.4, 0.5) is 13.2 Å². The summed E-state index contributed by atoms with van der Waals surface area (Å²) in [5, 5.41) is 11.2. The molecular weight excluding hydrogens is 253 g/mol. The van der Waals surface area contributed by atoms with Crippen molar-refractivity contribution in [3.8, 4) is 0 Å². The summed E-state index contributed by atoms with van der Waals surface area (Å²) < 4.78 is 38.7. The number of thioether (sulfide) groups is 1. The van der Waals surface area contributed by atoms with Crippen LogP contribution < -0.4 is 0 Å². The lowest BCUT2D eigenvalue weighted by Gasteiger charge is -2.26. The Hall–Kier alpha value is -1.05. The summed E-state index contributed by atoms with van der Waals surface area (Å²) in [5.74, 6) is -1.03. The van der Waals surface area contributed by atoms with Crippen LogP contribution in [0.2, 0.25) is 0 Å². The Balaban J connectivity index is 2.04. The second-order valence-corrected chi connectivity index (χ2v) is 5.23. The number of rotatable bonds is 0. The molecule has 0 spiro atoms. The van der Waals surface area contributed by atoms with Gasteiger partial charge in [0.15, 0.2) is 0 Å². The van der Waals surface area contributed by atoms with E-state index < -0.39 is 12.0 Å². The van der Waals surface area contributed by atoms with E-state index in [1.54, 1.807) is 0 Å². The Morgan fingerprint density at radius 1 is 1.24 bits per heavy atom. The SMILES string of the molecule is FC(F)(F)c1nnc2n1N=C1CCCCC1S2. The first-order chi connectivity index (χ1) is 8.05. The highest BCUT2D eigenvalue weighted by Crippen LogP contribution is 2.38. The molecule has 2 heterocycles. The fourth-order valence-electron chi connectivity index (χ4n) is 2.07. The van der Waals surface area contributed by atoms with E-state index in [9.17, 15) is 13.2 Å². The molecule has 1 aromatic heterocycles. The van der Waals surface area contributed by atoms with Crippen molar-refractivity contribution < 1.29 is 13.2 Å². The molecular formula is C9H9F3N4S. The van der Waals surface area contributed by atoms with Gasteiger partial charge in [0.2, 0.25) is 5.16 Å². The smallest absolute Gasteiger partial charge is 0.183 e. The maximum atomic E-state index is 12.6. The lowest BCUT2D eigenvalue weighted by molar-refractivity contribution is -0.147. The fourth-order valence-corrected chi connectivity index (χ4v) is 3.22. The van der Waals surface area contributed by atoms with E-state index >= 15 is 0 Å². The van der Waals surface area contributed by atoms with Gasteiger partial charge in [-0.1, -0.05) is 18.2 Å². The van der Waals surface area contributed by atoms with Crippen LogP contribution >= 0.6 is 11.8 Å². The molecule has 1 unspecified atom stereocenters. The van der Waals surface area contributed by atoms with E-state index in [0.717, 1.165) is 36.1 Å². The Morgan fingerprint density at radius 2 is 2.06 bits per heavy atom. The third-order valence-corrected chi connectivity index (χ3v) is 4.12. The lowest BCUT2D eigenvalue weighted by Crippen LogP contribution is -2.27. The Kier molecular flexibility index (Phi) is 2.42. The summed E-state index contributed by atoms with van der Waals surface area (Å²) in [4.78, 5) is 0. The summed E-state index contributed by atoms with van der Waals surface area (Å²) in [6.45, 7) is 0. The molecule has 2 aliphatic rings. The van der Waals surface area contributed by atoms with Crippen LogP contribution in [0.3, 0.4) is 0 Å². The number of fused-ring (bicyclic) bond motifs is 2. The van der Waals surface area contributed by atoms with Gasteiger partial charge in [-0.25, -0.2) is 0 Å². The molecule has 3 rings (SSSR count). The molecule has 1 aromatic rings. The van der Waals surface area contributed by atoms with E-state index in [0.29, 0.717) is 0 Å². The molecule has 0 bridgehead atoms. The molecule has 0 amide bonds. The van der Waals surface area contributed by atoms with Gasteiger partial charge in [0.1, 0.15) is 0 Å². The van der Waals surface area contributed by atoms with Gasteiger partial charge >= 0.3 is 6.18 Å². The molecule has 0 saturated heterocycles. The van der Waals surface area contributed by atoms with Crippen molar-refractivity contribution >= 4 is 17.5 Å². The first-order valence-corrected chi connectivity index (χ1v) is 6.20. The number of aromatic nitrogens is 3. The van der Waals surface area contributed by atoms with Gasteiger partial charge in [-0.2, -0.15) is 22.9 Å². The number of alkyl halides is 3. The first kappa shape index (κ1) is 11.1. The highest BCUT2D eigenvalue weighted by atomic mass is 32.2. The highest BCUT2D eigenvalue weighted by molar-refractivity contribution is 8.00. The predicted molar refractivity (Wildman–Crippen MR) is 56.0 cm³/mol. The maximum absolute atomic E-state index is 12.6. The van der Waals surface area contributed by atoms with E-state index in [-0.39, 0.29) is 10.4 Å². The number of hydrogen-bond acceptors (Lipinski definition) is 4. The second-order valence-electron chi connectivity index (χ2n) is 4.06. The van der Waals surface area contributed by atoms with Crippen LogP contribution in [-0.4, -0.2) is 25.8 Å². The van der Waals surface area contributed by atoms with Crippen molar-refractivity contribution in [2.45, 2.75) is 42.3 Å². The number of halogens is 3. The fraction of sp³-hybridized carbons (Fsp3) is 0.667. The van der Waals surface area contributed by atoms with Crippen molar-refractivity contribution in [1.82, 2.24) is 14.9 Å². The molecule has 4 nitrogen and oxygen atoms in total. The van der Waals surface area contributed by atoms with Crippen LogP contribution in [-0.2, 0) is 6.18 Å². The van der Waals surface area contributed by atoms with Crippen molar-refractivity contribution in [2.75, 3.05) is 0 Å². The summed E-state index contributed by atoms with van der Waals surface area (Å²) in [6.07, 6.45) is -0.687. The molecule has 1 saturated carbocycles. The van der Waals surface area contributed by atoms with Gasteiger partial charge in [-0.05, 0) is 19.3 Å². The third kappa shape index (κ3) is 1.84. The zero-order valence-corrected chi connectivity index (χ0v) is 9.55. The molecule has 0 radical (unpaired) electrons. The minimum atomic E-state index is -4.50. The zero-order valence-electron chi connectivity index (χ0n) is 8.74. The topological polar surface area (TPSA) is 43.1 Å². The molecule has 1 aliphatic carbocycles. The summed E-state index contributed by atoms with van der Waals surface area (Å²) in [7, 11) is 0. The van der Waals surface area contributed by atoms with Gasteiger partial charge in [0.25, 0.3) is 5.82 Å². The van der Waals surface area contributed by atoms with Crippen LogP contribution in [0, 0.1) is 0 Å². The van der Waals surface area contributed by atoms with Crippen molar-refractivity contribution in [3.05, 3.63) is 5.82 Å². The van der Waals surface area contributed by atoms with Crippen LogP contribution in [0.1, 0.15) is 31.5 Å². The van der Waals surface area contributed by atoms with E-state index in [1.165, 1.54) is 11.8 Å². The molecule has 17 heavy (non-hydrogen) atoms. The average Bonchev–Trinajstić information content (AvgIpc) is 2.68. The molecule has 8 heteroatoms. The Labute approximate surface area is 99.3 Å². The van der Waals surface area contributed by atoms with Crippen molar-refractivity contribution in [3.63, 3.8) is 0 Å². The van der Waals surface area contributed by atoms with Gasteiger partial charge < -0.3 is 0 Å². The van der Waals surface area contributed by atoms with Crippen LogP contribution in [0.25, 0.3) is 0 Å². The molecule has 92 valence electrons.